The molecule has 1 heterocycles. The quantitative estimate of drug-likeness (QED) is 0.663. The maximum absolute atomic E-state index is 12.4. The maximum Gasteiger partial charge on any atom is 0.270 e. The van der Waals surface area contributed by atoms with Crippen molar-refractivity contribution in [2.75, 3.05) is 13.2 Å². The number of halogens is 1. The van der Waals surface area contributed by atoms with Crippen molar-refractivity contribution in [1.82, 2.24) is 5.32 Å². The Labute approximate surface area is 148 Å². The van der Waals surface area contributed by atoms with Gasteiger partial charge >= 0.3 is 0 Å². The molecule has 1 N–H and O–H groups in total. The number of nitrogens with one attached hydrogen (secondary N) is 1. The third-order valence-corrected chi connectivity index (χ3v) is 4.13. The van der Waals surface area contributed by atoms with Crippen LogP contribution in [0.3, 0.4) is 0 Å². The van der Waals surface area contributed by atoms with Crippen molar-refractivity contribution >= 4 is 23.2 Å². The van der Waals surface area contributed by atoms with E-state index in [9.17, 15) is 14.9 Å². The van der Waals surface area contributed by atoms with Crippen LogP contribution in [-0.2, 0) is 0 Å². The first-order valence-corrected chi connectivity index (χ1v) is 7.98. The van der Waals surface area contributed by atoms with E-state index in [-0.39, 0.29) is 22.3 Å². The molecule has 7 nitrogen and oxygen atoms in total. The Bertz CT molecular complexity index is 840. The fraction of sp³-hybridized carbons (Fsp3) is 0.235. The number of nitro groups is 1. The summed E-state index contributed by atoms with van der Waals surface area (Å²) in [5.74, 6) is 0.896. The fourth-order valence-electron chi connectivity index (χ4n) is 2.49. The van der Waals surface area contributed by atoms with Gasteiger partial charge in [0.1, 0.15) is 13.2 Å². The molecule has 3 rings (SSSR count). The lowest BCUT2D eigenvalue weighted by Gasteiger charge is -2.21. The molecule has 0 fully saturated rings. The zero-order valence-corrected chi connectivity index (χ0v) is 14.1. The van der Waals surface area contributed by atoms with Crippen LogP contribution in [0.15, 0.2) is 36.4 Å². The molecule has 1 atom stereocenters. The van der Waals surface area contributed by atoms with E-state index in [0.717, 1.165) is 11.6 Å². The van der Waals surface area contributed by atoms with Crippen LogP contribution in [0.25, 0.3) is 0 Å². The van der Waals surface area contributed by atoms with Crippen molar-refractivity contribution in [3.05, 3.63) is 62.7 Å². The highest BCUT2D eigenvalue weighted by Gasteiger charge is 2.19. The number of non-ortho nitro benzene ring substituents is 1. The summed E-state index contributed by atoms with van der Waals surface area (Å²) < 4.78 is 11.0. The Kier molecular flexibility index (Phi) is 4.76. The van der Waals surface area contributed by atoms with Crippen molar-refractivity contribution in [3.63, 3.8) is 0 Å². The van der Waals surface area contributed by atoms with Gasteiger partial charge in [0.05, 0.1) is 21.6 Å². The molecule has 2 aromatic rings. The first-order chi connectivity index (χ1) is 12.0. The third kappa shape index (κ3) is 3.66. The minimum absolute atomic E-state index is 0.0288. The van der Waals surface area contributed by atoms with E-state index in [2.05, 4.69) is 5.32 Å². The molecule has 8 heteroatoms. The van der Waals surface area contributed by atoms with Crippen LogP contribution < -0.4 is 14.8 Å². The van der Waals surface area contributed by atoms with Crippen LogP contribution in [0.1, 0.15) is 28.9 Å². The maximum atomic E-state index is 12.4. The predicted octanol–water partition coefficient (Wildman–Crippen LogP) is 3.51. The van der Waals surface area contributed by atoms with E-state index in [0.29, 0.717) is 24.7 Å². The monoisotopic (exact) mass is 362 g/mol. The van der Waals surface area contributed by atoms with E-state index in [1.807, 2.05) is 19.1 Å². The van der Waals surface area contributed by atoms with Crippen LogP contribution in [0.2, 0.25) is 5.02 Å². The lowest BCUT2D eigenvalue weighted by atomic mass is 10.1. The highest BCUT2D eigenvalue weighted by Crippen LogP contribution is 2.32. The molecule has 1 amide bonds. The second-order valence-corrected chi connectivity index (χ2v) is 5.93. The average molecular weight is 363 g/mol. The Hall–Kier alpha value is -2.80. The van der Waals surface area contributed by atoms with E-state index >= 15 is 0 Å². The number of hydrogen-bond donors (Lipinski definition) is 1. The van der Waals surface area contributed by atoms with Crippen LogP contribution in [-0.4, -0.2) is 24.0 Å². The Balaban J connectivity index is 1.75. The highest BCUT2D eigenvalue weighted by atomic mass is 35.5. The third-order valence-electron chi connectivity index (χ3n) is 3.82. The highest BCUT2D eigenvalue weighted by molar-refractivity contribution is 6.34. The van der Waals surface area contributed by atoms with E-state index in [4.69, 9.17) is 21.1 Å². The zero-order chi connectivity index (χ0) is 18.0. The number of carbonyl (C=O) groups excluding carboxylic acids is 1. The van der Waals surface area contributed by atoms with Crippen LogP contribution in [0, 0.1) is 10.1 Å². The van der Waals surface area contributed by atoms with Gasteiger partial charge in [0.2, 0.25) is 0 Å². The molecule has 0 bridgehead atoms. The van der Waals surface area contributed by atoms with Crippen molar-refractivity contribution in [2.45, 2.75) is 13.0 Å². The standard InChI is InChI=1S/C17H15ClN2O5/c1-10(11-2-5-15-16(8-11)25-7-6-24-15)19-17(21)13-4-3-12(20(22)23)9-14(13)18/h2-5,8-10H,6-7H2,1H3,(H,19,21). The average Bonchev–Trinajstić information content (AvgIpc) is 2.60. The molecule has 2 aromatic carbocycles. The van der Waals surface area contributed by atoms with E-state index < -0.39 is 10.8 Å². The van der Waals surface area contributed by atoms with E-state index in [1.54, 1.807) is 6.07 Å². The van der Waals surface area contributed by atoms with Gasteiger partial charge in [-0.15, -0.1) is 0 Å². The van der Waals surface area contributed by atoms with Gasteiger partial charge in [0, 0.05) is 12.1 Å². The summed E-state index contributed by atoms with van der Waals surface area (Å²) in [5.41, 5.74) is 0.855. The number of hydrogen-bond acceptors (Lipinski definition) is 5. The molecule has 1 aliphatic heterocycles. The minimum atomic E-state index is -0.564. The number of carbonyl (C=O) groups is 1. The molecule has 1 unspecified atom stereocenters. The summed E-state index contributed by atoms with van der Waals surface area (Å²) in [5, 5.41) is 13.6. The normalized spacial score (nSPS) is 13.8. The van der Waals surface area contributed by atoms with Crippen molar-refractivity contribution in [1.29, 1.82) is 0 Å². The SMILES string of the molecule is CC(NC(=O)c1ccc([N+](=O)[O-])cc1Cl)c1ccc2c(c1)OCCO2. The van der Waals surface area contributed by atoms with Crippen molar-refractivity contribution in [3.8, 4) is 11.5 Å². The van der Waals surface area contributed by atoms with Gasteiger partial charge in [-0.3, -0.25) is 14.9 Å². The molecule has 130 valence electrons. The van der Waals surface area contributed by atoms with Crippen LogP contribution >= 0.6 is 11.6 Å². The molecule has 0 saturated heterocycles. The lowest BCUT2D eigenvalue weighted by Crippen LogP contribution is -2.27. The molecular weight excluding hydrogens is 348 g/mol. The Morgan fingerprint density at radius 3 is 2.60 bits per heavy atom. The van der Waals surface area contributed by atoms with Gasteiger partial charge in [-0.1, -0.05) is 17.7 Å². The Morgan fingerprint density at radius 2 is 1.92 bits per heavy atom. The van der Waals surface area contributed by atoms with E-state index in [1.165, 1.54) is 12.1 Å². The summed E-state index contributed by atoms with van der Waals surface area (Å²) in [7, 11) is 0. The number of nitro benzene ring substituents is 1. The number of amides is 1. The first-order valence-electron chi connectivity index (χ1n) is 7.60. The zero-order valence-electron chi connectivity index (χ0n) is 13.3. The number of nitrogens with zero attached hydrogens (tertiary/aromatic N) is 1. The molecule has 0 radical (unpaired) electrons. The van der Waals surface area contributed by atoms with Gasteiger partial charge in [0.15, 0.2) is 11.5 Å². The minimum Gasteiger partial charge on any atom is -0.486 e. The summed E-state index contributed by atoms with van der Waals surface area (Å²) in [6.07, 6.45) is 0. The van der Waals surface area contributed by atoms with Crippen molar-refractivity contribution in [2.24, 2.45) is 0 Å². The predicted molar refractivity (Wildman–Crippen MR) is 91.4 cm³/mol. The molecule has 0 spiro atoms. The lowest BCUT2D eigenvalue weighted by molar-refractivity contribution is -0.384. The number of ether oxygens (including phenoxy) is 2. The summed E-state index contributed by atoms with van der Waals surface area (Å²) >= 11 is 5.99. The first kappa shape index (κ1) is 17.0. The van der Waals surface area contributed by atoms with Gasteiger partial charge in [0.25, 0.3) is 11.6 Å². The molecule has 0 aromatic heterocycles. The van der Waals surface area contributed by atoms with Gasteiger partial charge < -0.3 is 14.8 Å². The number of rotatable bonds is 4. The largest absolute Gasteiger partial charge is 0.486 e. The Morgan fingerprint density at radius 1 is 1.20 bits per heavy atom. The molecule has 25 heavy (non-hydrogen) atoms. The fourth-order valence-corrected chi connectivity index (χ4v) is 2.75. The topological polar surface area (TPSA) is 90.7 Å². The van der Waals surface area contributed by atoms with Gasteiger partial charge in [-0.2, -0.15) is 0 Å². The molecule has 0 aliphatic carbocycles. The number of fused-ring (bicyclic) bond motifs is 1. The number of benzene rings is 2. The molecule has 0 saturated carbocycles. The van der Waals surface area contributed by atoms with Crippen LogP contribution in [0.4, 0.5) is 5.69 Å². The van der Waals surface area contributed by atoms with Gasteiger partial charge in [-0.05, 0) is 30.7 Å². The smallest absolute Gasteiger partial charge is 0.270 e. The second kappa shape index (κ2) is 6.98. The summed E-state index contributed by atoms with van der Waals surface area (Å²) in [4.78, 5) is 22.6. The molecule has 1 aliphatic rings. The van der Waals surface area contributed by atoms with Crippen LogP contribution in [0.5, 0.6) is 11.5 Å². The summed E-state index contributed by atoms with van der Waals surface area (Å²) in [6.45, 7) is 2.81. The van der Waals surface area contributed by atoms with Crippen molar-refractivity contribution < 1.29 is 19.2 Å². The second-order valence-electron chi connectivity index (χ2n) is 5.52. The van der Waals surface area contributed by atoms with Gasteiger partial charge in [-0.25, -0.2) is 0 Å². The summed E-state index contributed by atoms with van der Waals surface area (Å²) in [6, 6.07) is 8.89. The molecular formula is C17H15ClN2O5.